The lowest BCUT2D eigenvalue weighted by Gasteiger charge is -2.29. The van der Waals surface area contributed by atoms with E-state index in [4.69, 9.17) is 14.2 Å². The minimum absolute atomic E-state index is 0.0608. The highest BCUT2D eigenvalue weighted by Crippen LogP contribution is 2.43. The van der Waals surface area contributed by atoms with Crippen LogP contribution in [0.25, 0.3) is 11.8 Å². The molecule has 138 valence electrons. The number of nitrogens with zero attached hydrogens (tertiary/aromatic N) is 2. The number of methoxy groups -OCH3 is 1. The molecule has 6 heteroatoms. The average Bonchev–Trinajstić information content (AvgIpc) is 3.24. The molecule has 0 spiro atoms. The minimum atomic E-state index is -0.377. The van der Waals surface area contributed by atoms with Gasteiger partial charge in [-0.3, -0.25) is 4.79 Å². The molecule has 5 rings (SSSR count). The van der Waals surface area contributed by atoms with Gasteiger partial charge in [-0.2, -0.15) is 0 Å². The van der Waals surface area contributed by atoms with E-state index in [0.29, 0.717) is 23.8 Å². The van der Waals surface area contributed by atoms with Crippen LogP contribution in [0.2, 0.25) is 0 Å². The van der Waals surface area contributed by atoms with Gasteiger partial charge in [0.25, 0.3) is 0 Å². The average molecular weight is 364 g/mol. The number of carbonyl (C=O) groups excluding carboxylic acids is 1. The zero-order valence-electron chi connectivity index (χ0n) is 15.5. The summed E-state index contributed by atoms with van der Waals surface area (Å²) in [5.74, 6) is 1.59. The van der Waals surface area contributed by atoms with Crippen molar-refractivity contribution in [2.24, 2.45) is 0 Å². The zero-order valence-corrected chi connectivity index (χ0v) is 15.5. The van der Waals surface area contributed by atoms with Crippen LogP contribution in [0.15, 0.2) is 30.3 Å². The van der Waals surface area contributed by atoms with Crippen molar-refractivity contribution < 1.29 is 19.0 Å². The Morgan fingerprint density at radius 1 is 1.19 bits per heavy atom. The maximum atomic E-state index is 13.2. The second-order valence-electron chi connectivity index (χ2n) is 6.97. The van der Waals surface area contributed by atoms with E-state index in [1.807, 2.05) is 44.4 Å². The van der Waals surface area contributed by atoms with Crippen molar-refractivity contribution in [3.63, 3.8) is 0 Å². The van der Waals surface area contributed by atoms with Gasteiger partial charge in [0.05, 0.1) is 7.11 Å². The summed E-state index contributed by atoms with van der Waals surface area (Å²) in [6, 6.07) is 9.93. The Bertz CT molecular complexity index is 1090. The fourth-order valence-corrected chi connectivity index (χ4v) is 4.29. The molecule has 3 aliphatic heterocycles. The molecular formula is C21H20N2O4. The summed E-state index contributed by atoms with van der Waals surface area (Å²) in [7, 11) is 5.46. The van der Waals surface area contributed by atoms with Gasteiger partial charge < -0.3 is 24.0 Å². The van der Waals surface area contributed by atoms with E-state index in [9.17, 15) is 4.79 Å². The Morgan fingerprint density at radius 2 is 2.00 bits per heavy atom. The van der Waals surface area contributed by atoms with Gasteiger partial charge in [-0.25, -0.2) is 0 Å². The summed E-state index contributed by atoms with van der Waals surface area (Å²) < 4.78 is 17.0. The number of anilines is 1. The van der Waals surface area contributed by atoms with E-state index in [2.05, 4.69) is 11.0 Å². The topological polar surface area (TPSA) is 51.2 Å². The van der Waals surface area contributed by atoms with Crippen LogP contribution in [0.3, 0.4) is 0 Å². The van der Waals surface area contributed by atoms with Crippen molar-refractivity contribution in [3.8, 4) is 17.2 Å². The van der Waals surface area contributed by atoms with E-state index in [1.54, 1.807) is 12.0 Å². The molecule has 0 fully saturated rings. The number of hydrogen-bond donors (Lipinski definition) is 0. The van der Waals surface area contributed by atoms with E-state index in [1.165, 1.54) is 0 Å². The number of ether oxygens (including phenoxy) is 3. The van der Waals surface area contributed by atoms with E-state index < -0.39 is 0 Å². The van der Waals surface area contributed by atoms with Crippen molar-refractivity contribution in [2.75, 3.05) is 39.4 Å². The van der Waals surface area contributed by atoms with E-state index >= 15 is 0 Å². The highest BCUT2D eigenvalue weighted by molar-refractivity contribution is 6.10. The summed E-state index contributed by atoms with van der Waals surface area (Å²) in [5, 5.41) is 1.91. The molecule has 2 aromatic carbocycles. The lowest BCUT2D eigenvalue weighted by Crippen LogP contribution is -2.43. The smallest absolute Gasteiger partial charge is 0.240 e. The molecule has 3 aliphatic rings. The maximum Gasteiger partial charge on any atom is 0.240 e. The van der Waals surface area contributed by atoms with Crippen molar-refractivity contribution in [1.82, 2.24) is 4.90 Å². The van der Waals surface area contributed by atoms with Crippen molar-refractivity contribution in [1.29, 1.82) is 0 Å². The summed E-state index contributed by atoms with van der Waals surface area (Å²) >= 11 is 0. The molecular weight excluding hydrogens is 344 g/mol. The summed E-state index contributed by atoms with van der Waals surface area (Å²) in [4.78, 5) is 17.1. The Kier molecular flexibility index (Phi) is 3.37. The highest BCUT2D eigenvalue weighted by Gasteiger charge is 2.40. The predicted molar refractivity (Wildman–Crippen MR) is 101 cm³/mol. The Labute approximate surface area is 156 Å². The van der Waals surface area contributed by atoms with Gasteiger partial charge in [-0.15, -0.1) is 0 Å². The first-order valence-corrected chi connectivity index (χ1v) is 8.90. The van der Waals surface area contributed by atoms with Crippen molar-refractivity contribution in [2.45, 2.75) is 5.92 Å². The van der Waals surface area contributed by atoms with Crippen LogP contribution in [0.1, 0.15) is 11.5 Å². The molecule has 3 heterocycles. The highest BCUT2D eigenvalue weighted by atomic mass is 16.7. The number of likely N-dealkylation sites (N-methyl/N-ethyl adjacent to an activating group) is 2. The van der Waals surface area contributed by atoms with Crippen LogP contribution >= 0.6 is 0 Å². The fourth-order valence-electron chi connectivity index (χ4n) is 4.29. The quantitative estimate of drug-likeness (QED) is 0.796. The third kappa shape index (κ3) is 2.10. The van der Waals surface area contributed by atoms with Gasteiger partial charge in [0, 0.05) is 37.2 Å². The summed E-state index contributed by atoms with van der Waals surface area (Å²) in [5.41, 5.74) is 2.90. The van der Waals surface area contributed by atoms with Gasteiger partial charge in [-0.1, -0.05) is 24.3 Å². The van der Waals surface area contributed by atoms with Crippen molar-refractivity contribution in [3.05, 3.63) is 46.3 Å². The van der Waals surface area contributed by atoms with E-state index in [0.717, 1.165) is 27.4 Å². The molecule has 2 aromatic rings. The van der Waals surface area contributed by atoms with Gasteiger partial charge in [0.2, 0.25) is 18.4 Å². The molecule has 27 heavy (non-hydrogen) atoms. The molecule has 1 atom stereocenters. The number of rotatable bonds is 2. The maximum absolute atomic E-state index is 13.2. The standard InChI is InChI=1S/C21H20N2O4/c1-22-9-8-12-10-15-19(27-11-26-15)20(25-3)16(12)18(22)17-13-6-4-5-7-14(13)23(2)21(17)24/h4-8,10,17H,9,11H2,1-3H3. The summed E-state index contributed by atoms with van der Waals surface area (Å²) in [6.45, 7) is 0.883. The third-order valence-electron chi connectivity index (χ3n) is 5.57. The largest absolute Gasteiger partial charge is 0.492 e. The first-order chi connectivity index (χ1) is 13.1. The minimum Gasteiger partial charge on any atom is -0.492 e. The lowest BCUT2D eigenvalue weighted by atomic mass is 9.92. The molecule has 1 unspecified atom stereocenters. The van der Waals surface area contributed by atoms with Crippen LogP contribution in [-0.2, 0) is 4.79 Å². The van der Waals surface area contributed by atoms with Gasteiger partial charge in [0.1, 0.15) is 5.92 Å². The zero-order chi connectivity index (χ0) is 18.7. The molecule has 0 aliphatic carbocycles. The molecule has 0 N–H and O–H groups in total. The second kappa shape index (κ2) is 5.67. The van der Waals surface area contributed by atoms with Crippen LogP contribution < -0.4 is 29.5 Å². The van der Waals surface area contributed by atoms with Crippen molar-refractivity contribution >= 4 is 23.4 Å². The van der Waals surface area contributed by atoms with Crippen LogP contribution in [0.4, 0.5) is 5.69 Å². The molecule has 0 radical (unpaired) electrons. The molecule has 0 bridgehead atoms. The number of benzene rings is 2. The second-order valence-corrected chi connectivity index (χ2v) is 6.97. The van der Waals surface area contributed by atoms with Gasteiger partial charge >= 0.3 is 0 Å². The molecule has 0 saturated carbocycles. The number of carbonyl (C=O) groups is 1. The van der Waals surface area contributed by atoms with E-state index in [-0.39, 0.29) is 18.6 Å². The molecule has 0 saturated heterocycles. The van der Waals surface area contributed by atoms with Gasteiger partial charge in [0.15, 0.2) is 11.5 Å². The van der Waals surface area contributed by atoms with Crippen LogP contribution in [-0.4, -0.2) is 45.3 Å². The third-order valence-corrected chi connectivity index (χ3v) is 5.57. The number of hydrogen-bond acceptors (Lipinski definition) is 5. The fraction of sp³-hybridized carbons (Fsp3) is 0.286. The Balaban J connectivity index is 1.88. The number of para-hydroxylation sites is 1. The van der Waals surface area contributed by atoms with Crippen LogP contribution in [0.5, 0.6) is 17.2 Å². The molecule has 6 nitrogen and oxygen atoms in total. The predicted octanol–water partition coefficient (Wildman–Crippen LogP) is 1.02. The van der Waals surface area contributed by atoms with Gasteiger partial charge in [-0.05, 0) is 22.9 Å². The first kappa shape index (κ1) is 16.1. The Hall–Kier alpha value is -3.15. The SMILES string of the molecule is COc1c2c(cc3c1=C(C1C(=O)N(C)c4ccccc41)N(C)CC=3)OCO2. The normalized spacial score (nSPS) is 19.7. The lowest BCUT2D eigenvalue weighted by molar-refractivity contribution is -0.118. The first-order valence-electron chi connectivity index (χ1n) is 8.90. The monoisotopic (exact) mass is 364 g/mol. The Morgan fingerprint density at radius 3 is 2.81 bits per heavy atom. The molecule has 0 aromatic heterocycles. The van der Waals surface area contributed by atoms with Crippen LogP contribution in [0, 0.1) is 0 Å². The number of amides is 1. The number of fused-ring (bicyclic) bond motifs is 3. The molecule has 1 amide bonds. The summed E-state index contributed by atoms with van der Waals surface area (Å²) in [6.07, 6.45) is 2.12.